The predicted molar refractivity (Wildman–Crippen MR) is 74.5 cm³/mol. The summed E-state index contributed by atoms with van der Waals surface area (Å²) in [5, 5.41) is 17.8. The number of carbonyl (C=O) groups is 2. The fourth-order valence-electron chi connectivity index (χ4n) is 2.04. The average molecular weight is 282 g/mol. The van der Waals surface area contributed by atoms with Crippen LogP contribution in [0.1, 0.15) is 20.7 Å². The number of nitrogens with zero attached hydrogens (tertiary/aromatic N) is 2. The van der Waals surface area contributed by atoms with Crippen molar-refractivity contribution in [2.45, 2.75) is 0 Å². The molecule has 3 aromatic rings. The van der Waals surface area contributed by atoms with Crippen LogP contribution in [0.15, 0.2) is 48.8 Å². The van der Waals surface area contributed by atoms with Crippen molar-refractivity contribution in [2.24, 2.45) is 0 Å². The maximum Gasteiger partial charge on any atom is 0.337 e. The molecule has 0 spiro atoms. The number of imidazole rings is 1. The molecule has 0 aliphatic rings. The highest BCUT2D eigenvalue weighted by Crippen LogP contribution is 2.20. The lowest BCUT2D eigenvalue weighted by Crippen LogP contribution is -1.97. The van der Waals surface area contributed by atoms with E-state index in [1.807, 2.05) is 0 Å². The van der Waals surface area contributed by atoms with Gasteiger partial charge in [-0.3, -0.25) is 0 Å². The van der Waals surface area contributed by atoms with Crippen molar-refractivity contribution >= 4 is 17.6 Å². The molecule has 3 rings (SSSR count). The Balaban J connectivity index is 2.04. The number of rotatable bonds is 3. The molecule has 2 heterocycles. The molecule has 0 saturated carbocycles. The van der Waals surface area contributed by atoms with Gasteiger partial charge in [-0.1, -0.05) is 12.1 Å². The van der Waals surface area contributed by atoms with Gasteiger partial charge in [0.15, 0.2) is 0 Å². The number of hydrogen-bond acceptors (Lipinski definition) is 3. The molecule has 1 aromatic carbocycles. The summed E-state index contributed by atoms with van der Waals surface area (Å²) in [6, 6.07) is 9.46. The van der Waals surface area contributed by atoms with Crippen molar-refractivity contribution in [1.29, 1.82) is 0 Å². The van der Waals surface area contributed by atoms with Gasteiger partial charge in [-0.15, -0.1) is 0 Å². The van der Waals surface area contributed by atoms with Gasteiger partial charge >= 0.3 is 11.9 Å². The zero-order valence-electron chi connectivity index (χ0n) is 10.7. The molecular formula is C15H10N2O4. The summed E-state index contributed by atoms with van der Waals surface area (Å²) in [5.41, 5.74) is 2.41. The first kappa shape index (κ1) is 12.9. The highest BCUT2D eigenvalue weighted by atomic mass is 16.4. The zero-order chi connectivity index (χ0) is 15.0. The summed E-state index contributed by atoms with van der Waals surface area (Å²) < 4.78 is 1.63. The molecule has 2 N–H and O–H groups in total. The summed E-state index contributed by atoms with van der Waals surface area (Å²) in [6.45, 7) is 0. The minimum Gasteiger partial charge on any atom is -0.478 e. The molecule has 104 valence electrons. The second-order valence-electron chi connectivity index (χ2n) is 4.50. The van der Waals surface area contributed by atoms with E-state index in [1.54, 1.807) is 28.8 Å². The second kappa shape index (κ2) is 4.75. The predicted octanol–water partition coefficient (Wildman–Crippen LogP) is 2.40. The summed E-state index contributed by atoms with van der Waals surface area (Å²) in [6.07, 6.45) is 3.19. The van der Waals surface area contributed by atoms with E-state index in [2.05, 4.69) is 4.98 Å². The molecule has 0 amide bonds. The third-order valence-corrected chi connectivity index (χ3v) is 3.13. The van der Waals surface area contributed by atoms with Crippen molar-refractivity contribution in [3.05, 3.63) is 59.9 Å². The summed E-state index contributed by atoms with van der Waals surface area (Å²) in [5.74, 6) is -1.99. The van der Waals surface area contributed by atoms with Crippen LogP contribution < -0.4 is 0 Å². The quantitative estimate of drug-likeness (QED) is 0.769. The van der Waals surface area contributed by atoms with E-state index >= 15 is 0 Å². The number of aromatic nitrogens is 2. The summed E-state index contributed by atoms with van der Waals surface area (Å²) >= 11 is 0. The topological polar surface area (TPSA) is 91.9 Å². The molecule has 0 atom stereocenters. The van der Waals surface area contributed by atoms with Crippen molar-refractivity contribution in [3.8, 4) is 11.3 Å². The van der Waals surface area contributed by atoms with Crippen molar-refractivity contribution < 1.29 is 19.8 Å². The maximum absolute atomic E-state index is 10.9. The van der Waals surface area contributed by atoms with Gasteiger partial charge in [0.1, 0.15) is 5.65 Å². The SMILES string of the molecule is O=C(O)c1ccc(-c2cn3cc(C(=O)O)ccc3n2)cc1. The van der Waals surface area contributed by atoms with E-state index < -0.39 is 11.9 Å². The average Bonchev–Trinajstić information content (AvgIpc) is 2.90. The molecule has 0 aliphatic carbocycles. The Morgan fingerprint density at radius 3 is 2.10 bits per heavy atom. The van der Waals surface area contributed by atoms with Crippen LogP contribution in [0.5, 0.6) is 0 Å². The van der Waals surface area contributed by atoms with Gasteiger partial charge in [-0.05, 0) is 24.3 Å². The third-order valence-electron chi connectivity index (χ3n) is 3.13. The molecular weight excluding hydrogens is 272 g/mol. The van der Waals surface area contributed by atoms with Crippen molar-refractivity contribution in [2.75, 3.05) is 0 Å². The normalized spacial score (nSPS) is 10.7. The molecule has 0 bridgehead atoms. The molecule has 0 fully saturated rings. The Morgan fingerprint density at radius 2 is 1.48 bits per heavy atom. The first-order chi connectivity index (χ1) is 10.0. The largest absolute Gasteiger partial charge is 0.478 e. The Kier molecular flexibility index (Phi) is 2.91. The van der Waals surface area contributed by atoms with E-state index in [4.69, 9.17) is 10.2 Å². The van der Waals surface area contributed by atoms with Gasteiger partial charge in [0.25, 0.3) is 0 Å². The molecule has 0 radical (unpaired) electrons. The van der Waals surface area contributed by atoms with E-state index in [0.717, 1.165) is 5.56 Å². The van der Waals surface area contributed by atoms with E-state index in [9.17, 15) is 9.59 Å². The number of hydrogen-bond donors (Lipinski definition) is 2. The van der Waals surface area contributed by atoms with E-state index in [-0.39, 0.29) is 11.1 Å². The van der Waals surface area contributed by atoms with Gasteiger partial charge in [-0.25, -0.2) is 14.6 Å². The standard InChI is InChI=1S/C15H10N2O4/c18-14(19)10-3-1-9(2-4-10)12-8-17-7-11(15(20)21)5-6-13(17)16-12/h1-8H,(H,18,19)(H,20,21). The smallest absolute Gasteiger partial charge is 0.337 e. The van der Waals surface area contributed by atoms with Crippen LogP contribution in [-0.2, 0) is 0 Å². The maximum atomic E-state index is 10.9. The lowest BCUT2D eigenvalue weighted by Gasteiger charge is -1.97. The Bertz CT molecular complexity index is 850. The number of carboxylic acids is 2. The summed E-state index contributed by atoms with van der Waals surface area (Å²) in [7, 11) is 0. The number of carboxylic acid groups (broad SMARTS) is 2. The fraction of sp³-hybridized carbons (Fsp3) is 0. The molecule has 2 aromatic heterocycles. The highest BCUT2D eigenvalue weighted by Gasteiger charge is 2.09. The third kappa shape index (κ3) is 2.34. The van der Waals surface area contributed by atoms with Crippen molar-refractivity contribution in [3.63, 3.8) is 0 Å². The Hall–Kier alpha value is -3.15. The van der Waals surface area contributed by atoms with Gasteiger partial charge in [0.2, 0.25) is 0 Å². The minimum atomic E-state index is -1.00. The lowest BCUT2D eigenvalue weighted by molar-refractivity contribution is 0.0686. The second-order valence-corrected chi connectivity index (χ2v) is 4.50. The Labute approximate surface area is 118 Å². The molecule has 0 saturated heterocycles. The van der Waals surface area contributed by atoms with Gasteiger partial charge in [0.05, 0.1) is 16.8 Å². The van der Waals surface area contributed by atoms with Crippen molar-refractivity contribution in [1.82, 2.24) is 9.38 Å². The molecule has 6 heteroatoms. The molecule has 0 unspecified atom stereocenters. The number of benzene rings is 1. The molecule has 21 heavy (non-hydrogen) atoms. The lowest BCUT2D eigenvalue weighted by atomic mass is 10.1. The van der Waals surface area contributed by atoms with Gasteiger partial charge in [-0.2, -0.15) is 0 Å². The zero-order valence-corrected chi connectivity index (χ0v) is 10.7. The Morgan fingerprint density at radius 1 is 0.857 bits per heavy atom. The van der Waals surface area contributed by atoms with Crippen LogP contribution in [-0.4, -0.2) is 31.5 Å². The molecule has 6 nitrogen and oxygen atoms in total. The van der Waals surface area contributed by atoms with Gasteiger partial charge in [0, 0.05) is 18.0 Å². The molecule has 0 aliphatic heterocycles. The van der Waals surface area contributed by atoms with E-state index in [0.29, 0.717) is 11.3 Å². The van der Waals surface area contributed by atoms with Crippen LogP contribution in [0.4, 0.5) is 0 Å². The fourth-order valence-corrected chi connectivity index (χ4v) is 2.04. The van der Waals surface area contributed by atoms with Crippen LogP contribution in [0.25, 0.3) is 16.9 Å². The van der Waals surface area contributed by atoms with Crippen LogP contribution in [0.3, 0.4) is 0 Å². The van der Waals surface area contributed by atoms with Crippen LogP contribution >= 0.6 is 0 Å². The highest BCUT2D eigenvalue weighted by molar-refractivity contribution is 5.88. The van der Waals surface area contributed by atoms with Crippen LogP contribution in [0.2, 0.25) is 0 Å². The first-order valence-corrected chi connectivity index (χ1v) is 6.10. The van der Waals surface area contributed by atoms with E-state index in [1.165, 1.54) is 24.4 Å². The van der Waals surface area contributed by atoms with Gasteiger partial charge < -0.3 is 14.6 Å². The number of fused-ring (bicyclic) bond motifs is 1. The van der Waals surface area contributed by atoms with Crippen LogP contribution in [0, 0.1) is 0 Å². The monoisotopic (exact) mass is 282 g/mol. The number of pyridine rings is 1. The minimum absolute atomic E-state index is 0.174. The first-order valence-electron chi connectivity index (χ1n) is 6.10. The summed E-state index contributed by atoms with van der Waals surface area (Å²) in [4.78, 5) is 26.1. The number of aromatic carboxylic acids is 2.